The van der Waals surface area contributed by atoms with Gasteiger partial charge in [-0.3, -0.25) is 9.89 Å². The van der Waals surface area contributed by atoms with Crippen LogP contribution in [0, 0.1) is 0 Å². The lowest BCUT2D eigenvalue weighted by molar-refractivity contribution is 0.166. The van der Waals surface area contributed by atoms with E-state index in [0.29, 0.717) is 0 Å². The molecule has 1 fully saturated rings. The summed E-state index contributed by atoms with van der Waals surface area (Å²) >= 11 is 1.86. The molecule has 1 rings (SSSR count). The van der Waals surface area contributed by atoms with Gasteiger partial charge in [-0.1, -0.05) is 6.42 Å². The Bertz CT molecular complexity index is 264. The fourth-order valence-electron chi connectivity index (χ4n) is 2.39. The average Bonchev–Trinajstić information content (AvgIpc) is 2.41. The van der Waals surface area contributed by atoms with Gasteiger partial charge in [-0.25, -0.2) is 0 Å². The molecule has 0 aromatic carbocycles. The van der Waals surface area contributed by atoms with Crippen molar-refractivity contribution in [2.75, 3.05) is 44.7 Å². The van der Waals surface area contributed by atoms with E-state index in [9.17, 15) is 0 Å². The van der Waals surface area contributed by atoms with Crippen molar-refractivity contribution in [1.29, 1.82) is 0 Å². The molecule has 1 atom stereocenters. The summed E-state index contributed by atoms with van der Waals surface area (Å²) in [6.07, 6.45) is 6.21. The second kappa shape index (κ2) is 13.0. The zero-order valence-electron chi connectivity index (χ0n) is 13.2. The highest BCUT2D eigenvalue weighted by Gasteiger charge is 2.17. The maximum Gasteiger partial charge on any atom is 0.191 e. The van der Waals surface area contributed by atoms with Gasteiger partial charge in [0.15, 0.2) is 5.96 Å². The molecule has 0 aliphatic carbocycles. The smallest absolute Gasteiger partial charge is 0.191 e. The van der Waals surface area contributed by atoms with Crippen LogP contribution < -0.4 is 10.6 Å². The Labute approximate surface area is 145 Å². The highest BCUT2D eigenvalue weighted by molar-refractivity contribution is 14.0. The summed E-state index contributed by atoms with van der Waals surface area (Å²) in [6.45, 7) is 9.56. The first-order chi connectivity index (χ1) is 9.27. The molecule has 1 aliphatic rings. The molecule has 20 heavy (non-hydrogen) atoms. The Kier molecular flexibility index (Phi) is 13.2. The molecule has 6 heteroatoms. The van der Waals surface area contributed by atoms with E-state index in [1.807, 2.05) is 11.8 Å². The molecule has 0 aromatic rings. The molecule has 0 radical (unpaired) electrons. The van der Waals surface area contributed by atoms with Crippen LogP contribution in [0.25, 0.3) is 0 Å². The molecule has 0 bridgehead atoms. The van der Waals surface area contributed by atoms with E-state index in [1.165, 1.54) is 25.8 Å². The second-order valence-electron chi connectivity index (χ2n) is 5.06. The molecule has 0 saturated carbocycles. The van der Waals surface area contributed by atoms with E-state index < -0.39 is 0 Å². The number of hydrogen-bond acceptors (Lipinski definition) is 3. The number of aliphatic imine (C=N–C) groups is 1. The predicted octanol–water partition coefficient (Wildman–Crippen LogP) is 2.40. The van der Waals surface area contributed by atoms with Gasteiger partial charge in [-0.15, -0.1) is 24.0 Å². The quantitative estimate of drug-likeness (QED) is 0.291. The molecule has 120 valence electrons. The number of likely N-dealkylation sites (tertiary alicyclic amines) is 1. The van der Waals surface area contributed by atoms with Crippen LogP contribution in [-0.4, -0.2) is 61.6 Å². The van der Waals surface area contributed by atoms with Crippen molar-refractivity contribution in [2.24, 2.45) is 4.99 Å². The lowest BCUT2D eigenvalue weighted by atomic mass is 10.0. The average molecular weight is 414 g/mol. The van der Waals surface area contributed by atoms with Gasteiger partial charge in [0, 0.05) is 31.4 Å². The third-order valence-corrected chi connectivity index (χ3v) is 4.15. The summed E-state index contributed by atoms with van der Waals surface area (Å²) in [5, 5.41) is 6.67. The van der Waals surface area contributed by atoms with Crippen LogP contribution in [0.5, 0.6) is 0 Å². The fraction of sp³-hybridized carbons (Fsp3) is 0.929. The molecule has 0 amide bonds. The first kappa shape index (κ1) is 20.3. The Morgan fingerprint density at radius 2 is 2.15 bits per heavy atom. The second-order valence-corrected chi connectivity index (χ2v) is 6.05. The molecule has 0 aromatic heterocycles. The summed E-state index contributed by atoms with van der Waals surface area (Å²) < 4.78 is 0. The first-order valence-electron chi connectivity index (χ1n) is 7.53. The van der Waals surface area contributed by atoms with Crippen LogP contribution >= 0.6 is 35.7 Å². The minimum Gasteiger partial charge on any atom is -0.357 e. The Morgan fingerprint density at radius 1 is 1.35 bits per heavy atom. The number of rotatable bonds is 7. The summed E-state index contributed by atoms with van der Waals surface area (Å²) in [5.41, 5.74) is 0. The largest absolute Gasteiger partial charge is 0.357 e. The predicted molar refractivity (Wildman–Crippen MR) is 103 cm³/mol. The lowest BCUT2D eigenvalue weighted by Crippen LogP contribution is -2.41. The Balaban J connectivity index is 0.00000361. The van der Waals surface area contributed by atoms with Crippen LogP contribution in [-0.2, 0) is 0 Å². The SMILES string of the molecule is CCNC(=NCCN1CCCCC1C)NCCSC.I. The molecule has 1 saturated heterocycles. The maximum absolute atomic E-state index is 4.66. The van der Waals surface area contributed by atoms with Crippen molar-refractivity contribution < 1.29 is 0 Å². The van der Waals surface area contributed by atoms with Crippen molar-refractivity contribution in [1.82, 2.24) is 15.5 Å². The summed E-state index contributed by atoms with van der Waals surface area (Å²) in [7, 11) is 0. The van der Waals surface area contributed by atoms with Crippen molar-refractivity contribution in [3.63, 3.8) is 0 Å². The highest BCUT2D eigenvalue weighted by Crippen LogP contribution is 2.15. The van der Waals surface area contributed by atoms with Gasteiger partial charge in [0.05, 0.1) is 6.54 Å². The van der Waals surface area contributed by atoms with Crippen LogP contribution in [0.3, 0.4) is 0 Å². The van der Waals surface area contributed by atoms with Crippen LogP contribution in [0.15, 0.2) is 4.99 Å². The highest BCUT2D eigenvalue weighted by atomic mass is 127. The zero-order valence-corrected chi connectivity index (χ0v) is 16.3. The van der Waals surface area contributed by atoms with E-state index in [0.717, 1.165) is 43.9 Å². The number of hydrogen-bond donors (Lipinski definition) is 2. The lowest BCUT2D eigenvalue weighted by Gasteiger charge is -2.32. The minimum atomic E-state index is 0. The molecule has 0 spiro atoms. The summed E-state index contributed by atoms with van der Waals surface area (Å²) in [5.74, 6) is 2.08. The van der Waals surface area contributed by atoms with E-state index >= 15 is 0 Å². The normalized spacial score (nSPS) is 20.4. The van der Waals surface area contributed by atoms with Gasteiger partial charge >= 0.3 is 0 Å². The van der Waals surface area contributed by atoms with Gasteiger partial charge in [-0.2, -0.15) is 11.8 Å². The molecular weight excluding hydrogens is 383 g/mol. The number of nitrogens with one attached hydrogen (secondary N) is 2. The monoisotopic (exact) mass is 414 g/mol. The van der Waals surface area contributed by atoms with Crippen LogP contribution in [0.1, 0.15) is 33.1 Å². The standard InChI is InChI=1S/C14H30N4S.HI/c1-4-15-14(17-9-12-19-3)16-8-11-18-10-6-5-7-13(18)2;/h13H,4-12H2,1-3H3,(H2,15,16,17);1H. The zero-order chi connectivity index (χ0) is 13.9. The van der Waals surface area contributed by atoms with Crippen LogP contribution in [0.4, 0.5) is 0 Å². The van der Waals surface area contributed by atoms with E-state index in [1.54, 1.807) is 0 Å². The van der Waals surface area contributed by atoms with Gasteiger partial charge in [-0.05, 0) is 39.5 Å². The number of piperidine rings is 1. The number of thioether (sulfide) groups is 1. The van der Waals surface area contributed by atoms with Crippen LogP contribution in [0.2, 0.25) is 0 Å². The number of guanidine groups is 1. The third-order valence-electron chi connectivity index (χ3n) is 3.54. The molecule has 1 unspecified atom stereocenters. The van der Waals surface area contributed by atoms with Gasteiger partial charge in [0.25, 0.3) is 0 Å². The summed E-state index contributed by atoms with van der Waals surface area (Å²) in [6, 6.07) is 0.732. The minimum absolute atomic E-state index is 0. The van der Waals surface area contributed by atoms with Gasteiger partial charge < -0.3 is 10.6 Å². The maximum atomic E-state index is 4.66. The van der Waals surface area contributed by atoms with Crippen molar-refractivity contribution in [3.8, 4) is 0 Å². The molecule has 2 N–H and O–H groups in total. The van der Waals surface area contributed by atoms with Gasteiger partial charge in [0.2, 0.25) is 0 Å². The third kappa shape index (κ3) is 8.56. The van der Waals surface area contributed by atoms with Gasteiger partial charge in [0.1, 0.15) is 0 Å². The Hall–Kier alpha value is 0.310. The summed E-state index contributed by atoms with van der Waals surface area (Å²) in [4.78, 5) is 7.23. The topological polar surface area (TPSA) is 39.7 Å². The van der Waals surface area contributed by atoms with E-state index in [2.05, 4.69) is 40.6 Å². The van der Waals surface area contributed by atoms with Crippen molar-refractivity contribution >= 4 is 41.7 Å². The number of nitrogens with zero attached hydrogens (tertiary/aromatic N) is 2. The molecular formula is C14H31IN4S. The molecule has 4 nitrogen and oxygen atoms in total. The van der Waals surface area contributed by atoms with E-state index in [4.69, 9.17) is 0 Å². The van der Waals surface area contributed by atoms with Crippen molar-refractivity contribution in [2.45, 2.75) is 39.2 Å². The van der Waals surface area contributed by atoms with E-state index in [-0.39, 0.29) is 24.0 Å². The Morgan fingerprint density at radius 3 is 2.80 bits per heavy atom. The fourth-order valence-corrected chi connectivity index (χ4v) is 2.70. The molecule has 1 heterocycles. The number of halogens is 1. The van der Waals surface area contributed by atoms with Crippen molar-refractivity contribution in [3.05, 3.63) is 0 Å². The molecule has 1 aliphatic heterocycles. The first-order valence-corrected chi connectivity index (χ1v) is 8.92.